The third-order valence-corrected chi connectivity index (χ3v) is 1.83. The summed E-state index contributed by atoms with van der Waals surface area (Å²) in [7, 11) is 1.36. The predicted molar refractivity (Wildman–Crippen MR) is 39.0 cm³/mol. The average Bonchev–Trinajstić information content (AvgIpc) is 2.50. The van der Waals surface area contributed by atoms with E-state index in [2.05, 4.69) is 4.74 Å². The zero-order chi connectivity index (χ0) is 8.27. The Morgan fingerprint density at radius 1 is 1.73 bits per heavy atom. The molecule has 0 radical (unpaired) electrons. The molecule has 4 heteroatoms. The Morgan fingerprint density at radius 2 is 2.45 bits per heavy atom. The maximum atomic E-state index is 10.9. The maximum absolute atomic E-state index is 10.9. The highest BCUT2D eigenvalue weighted by molar-refractivity contribution is 5.74. The van der Waals surface area contributed by atoms with Crippen molar-refractivity contribution in [2.75, 3.05) is 13.7 Å². The van der Waals surface area contributed by atoms with Gasteiger partial charge in [-0.3, -0.25) is 0 Å². The molecule has 4 nitrogen and oxygen atoms in total. The minimum Gasteiger partial charge on any atom is -0.467 e. The lowest BCUT2D eigenvalue weighted by atomic mass is 10.2. The topological polar surface area (TPSA) is 61.5 Å². The van der Waals surface area contributed by atoms with Crippen molar-refractivity contribution < 1.29 is 14.3 Å². The molecule has 0 aromatic heterocycles. The van der Waals surface area contributed by atoms with Crippen LogP contribution in [0.1, 0.15) is 12.8 Å². The highest BCUT2D eigenvalue weighted by Gasteiger charge is 2.30. The van der Waals surface area contributed by atoms with Gasteiger partial charge in [0, 0.05) is 6.54 Å². The first kappa shape index (κ1) is 8.49. The minimum atomic E-state index is -0.381. The van der Waals surface area contributed by atoms with Gasteiger partial charge in [0.2, 0.25) is 0 Å². The quantitative estimate of drug-likeness (QED) is 0.560. The molecule has 0 unspecified atom stereocenters. The molecule has 1 rings (SSSR count). The van der Waals surface area contributed by atoms with Crippen molar-refractivity contribution in [3.63, 3.8) is 0 Å². The minimum absolute atomic E-state index is 0.0408. The second kappa shape index (κ2) is 3.69. The molecule has 0 aromatic carbocycles. The van der Waals surface area contributed by atoms with Crippen LogP contribution in [-0.4, -0.2) is 31.8 Å². The SMILES string of the molecule is COC(=O)[C@H]1CC[C@H](CN)O1. The molecule has 0 amide bonds. The molecule has 0 spiro atoms. The van der Waals surface area contributed by atoms with Gasteiger partial charge in [-0.25, -0.2) is 4.79 Å². The van der Waals surface area contributed by atoms with Gasteiger partial charge in [0.25, 0.3) is 0 Å². The lowest BCUT2D eigenvalue weighted by molar-refractivity contribution is -0.152. The average molecular weight is 159 g/mol. The molecule has 2 N–H and O–H groups in total. The molecule has 0 aliphatic carbocycles. The summed E-state index contributed by atoms with van der Waals surface area (Å²) >= 11 is 0. The fourth-order valence-electron chi connectivity index (χ4n) is 1.18. The summed E-state index contributed by atoms with van der Waals surface area (Å²) in [6.07, 6.45) is 1.25. The van der Waals surface area contributed by atoms with Gasteiger partial charge in [-0.15, -0.1) is 0 Å². The van der Waals surface area contributed by atoms with Crippen molar-refractivity contribution in [2.45, 2.75) is 25.0 Å². The third-order valence-electron chi connectivity index (χ3n) is 1.83. The predicted octanol–water partition coefficient (Wildman–Crippen LogP) is -0.334. The Kier molecular flexibility index (Phi) is 2.84. The van der Waals surface area contributed by atoms with E-state index in [0.29, 0.717) is 6.54 Å². The van der Waals surface area contributed by atoms with Crippen LogP contribution in [0.2, 0.25) is 0 Å². The van der Waals surface area contributed by atoms with Crippen LogP contribution in [0.3, 0.4) is 0 Å². The fraction of sp³-hybridized carbons (Fsp3) is 0.857. The van der Waals surface area contributed by atoms with Gasteiger partial charge in [-0.1, -0.05) is 0 Å². The van der Waals surface area contributed by atoms with Gasteiger partial charge in [0.1, 0.15) is 0 Å². The van der Waals surface area contributed by atoms with Gasteiger partial charge in [0.05, 0.1) is 13.2 Å². The summed E-state index contributed by atoms with van der Waals surface area (Å²) in [5, 5.41) is 0. The van der Waals surface area contributed by atoms with E-state index in [1.165, 1.54) is 7.11 Å². The first-order chi connectivity index (χ1) is 5.27. The molecule has 1 fully saturated rings. The second-order valence-electron chi connectivity index (χ2n) is 2.58. The van der Waals surface area contributed by atoms with E-state index in [1.54, 1.807) is 0 Å². The van der Waals surface area contributed by atoms with E-state index in [4.69, 9.17) is 10.5 Å². The summed E-state index contributed by atoms with van der Waals surface area (Å²) in [6.45, 7) is 0.480. The number of hydrogen-bond donors (Lipinski definition) is 1. The third kappa shape index (κ3) is 1.91. The summed E-state index contributed by atoms with van der Waals surface area (Å²) in [6, 6.07) is 0. The molecule has 0 saturated carbocycles. The summed E-state index contributed by atoms with van der Waals surface area (Å²) in [5.41, 5.74) is 5.36. The van der Waals surface area contributed by atoms with Crippen LogP contribution in [0.25, 0.3) is 0 Å². The molecule has 0 aromatic rings. The molecule has 0 bridgehead atoms. The number of nitrogens with two attached hydrogens (primary N) is 1. The Labute approximate surface area is 65.7 Å². The normalized spacial score (nSPS) is 30.4. The van der Waals surface area contributed by atoms with Crippen LogP contribution in [0.4, 0.5) is 0 Å². The largest absolute Gasteiger partial charge is 0.467 e. The van der Waals surface area contributed by atoms with Gasteiger partial charge in [0.15, 0.2) is 6.10 Å². The Balaban J connectivity index is 2.35. The molecule has 1 saturated heterocycles. The number of carbonyl (C=O) groups excluding carboxylic acids is 1. The van der Waals surface area contributed by atoms with Gasteiger partial charge in [-0.05, 0) is 12.8 Å². The van der Waals surface area contributed by atoms with Crippen molar-refractivity contribution in [3.05, 3.63) is 0 Å². The van der Waals surface area contributed by atoms with Crippen LogP contribution in [0, 0.1) is 0 Å². The van der Waals surface area contributed by atoms with E-state index in [1.807, 2.05) is 0 Å². The molecule has 11 heavy (non-hydrogen) atoms. The van der Waals surface area contributed by atoms with Crippen LogP contribution >= 0.6 is 0 Å². The molecule has 1 aliphatic rings. The second-order valence-corrected chi connectivity index (χ2v) is 2.58. The number of ether oxygens (including phenoxy) is 2. The van der Waals surface area contributed by atoms with Crippen molar-refractivity contribution >= 4 is 5.97 Å². The Morgan fingerprint density at radius 3 is 2.91 bits per heavy atom. The summed E-state index contributed by atoms with van der Waals surface area (Å²) < 4.78 is 9.79. The number of carbonyl (C=O) groups is 1. The van der Waals surface area contributed by atoms with E-state index >= 15 is 0 Å². The monoisotopic (exact) mass is 159 g/mol. The lowest BCUT2D eigenvalue weighted by Crippen LogP contribution is -2.25. The number of rotatable bonds is 2. The number of hydrogen-bond acceptors (Lipinski definition) is 4. The molecular formula is C7H13NO3. The summed E-state index contributed by atoms with van der Waals surface area (Å²) in [5.74, 6) is -0.291. The smallest absolute Gasteiger partial charge is 0.334 e. The molecule has 1 aliphatic heterocycles. The van der Waals surface area contributed by atoms with Crippen molar-refractivity contribution in [2.24, 2.45) is 5.73 Å². The summed E-state index contributed by atoms with van der Waals surface area (Å²) in [4.78, 5) is 10.9. The van der Waals surface area contributed by atoms with Gasteiger partial charge < -0.3 is 15.2 Å². The maximum Gasteiger partial charge on any atom is 0.334 e. The van der Waals surface area contributed by atoms with Crippen molar-refractivity contribution in [3.8, 4) is 0 Å². The highest BCUT2D eigenvalue weighted by atomic mass is 16.6. The number of esters is 1. The zero-order valence-electron chi connectivity index (χ0n) is 6.58. The van der Waals surface area contributed by atoms with Crippen LogP contribution in [-0.2, 0) is 14.3 Å². The Hall–Kier alpha value is -0.610. The first-order valence-corrected chi connectivity index (χ1v) is 3.71. The molecule has 1 heterocycles. The van der Waals surface area contributed by atoms with Gasteiger partial charge in [-0.2, -0.15) is 0 Å². The lowest BCUT2D eigenvalue weighted by Gasteiger charge is -2.09. The van der Waals surface area contributed by atoms with Crippen LogP contribution < -0.4 is 5.73 Å². The standard InChI is InChI=1S/C7H13NO3/c1-10-7(9)6-3-2-5(4-8)11-6/h5-6H,2-4,8H2,1H3/t5-,6-/m1/s1. The molecule has 2 atom stereocenters. The van der Waals surface area contributed by atoms with E-state index in [9.17, 15) is 4.79 Å². The van der Waals surface area contributed by atoms with E-state index in [-0.39, 0.29) is 18.2 Å². The highest BCUT2D eigenvalue weighted by Crippen LogP contribution is 2.19. The van der Waals surface area contributed by atoms with Crippen molar-refractivity contribution in [1.29, 1.82) is 0 Å². The number of methoxy groups -OCH3 is 1. The van der Waals surface area contributed by atoms with E-state index in [0.717, 1.165) is 12.8 Å². The van der Waals surface area contributed by atoms with E-state index < -0.39 is 0 Å². The first-order valence-electron chi connectivity index (χ1n) is 3.71. The zero-order valence-corrected chi connectivity index (χ0v) is 6.58. The molecule has 64 valence electrons. The van der Waals surface area contributed by atoms with Crippen molar-refractivity contribution in [1.82, 2.24) is 0 Å². The Bertz CT molecular complexity index is 149. The van der Waals surface area contributed by atoms with Crippen LogP contribution in [0.5, 0.6) is 0 Å². The molecular weight excluding hydrogens is 146 g/mol. The van der Waals surface area contributed by atoms with Crippen LogP contribution in [0.15, 0.2) is 0 Å². The van der Waals surface area contributed by atoms with Gasteiger partial charge >= 0.3 is 5.97 Å². The fourth-order valence-corrected chi connectivity index (χ4v) is 1.18.